The molecule has 0 saturated carbocycles. The standard InChI is InChI=1S/C18H19ClN2O2/c19-15-5-7-16(8-6-15)21-18(22)20-10-11-23-17-9-4-13-2-1-3-14(13)12-17/h4-9,12H,1-3,10-11H2,(H2,20,21,22). The first-order valence-corrected chi connectivity index (χ1v) is 8.13. The number of hydrogen-bond donors (Lipinski definition) is 2. The molecule has 0 heterocycles. The first kappa shape index (κ1) is 15.7. The van der Waals surface area contributed by atoms with Gasteiger partial charge in [0.25, 0.3) is 0 Å². The molecule has 2 aromatic carbocycles. The number of hydrogen-bond acceptors (Lipinski definition) is 2. The number of halogens is 1. The van der Waals surface area contributed by atoms with Gasteiger partial charge in [-0.25, -0.2) is 4.79 Å². The van der Waals surface area contributed by atoms with E-state index in [0.29, 0.717) is 23.9 Å². The first-order valence-electron chi connectivity index (χ1n) is 7.76. The molecule has 0 bridgehead atoms. The quantitative estimate of drug-likeness (QED) is 0.813. The summed E-state index contributed by atoms with van der Waals surface area (Å²) >= 11 is 5.80. The van der Waals surface area contributed by atoms with Crippen molar-refractivity contribution in [2.24, 2.45) is 0 Å². The summed E-state index contributed by atoms with van der Waals surface area (Å²) in [6.45, 7) is 0.878. The second kappa shape index (κ2) is 7.38. The molecule has 23 heavy (non-hydrogen) atoms. The van der Waals surface area contributed by atoms with Crippen molar-refractivity contribution in [2.45, 2.75) is 19.3 Å². The second-order valence-electron chi connectivity index (χ2n) is 5.52. The zero-order chi connectivity index (χ0) is 16.1. The number of ether oxygens (including phenoxy) is 1. The topological polar surface area (TPSA) is 50.4 Å². The van der Waals surface area contributed by atoms with Gasteiger partial charge in [0.1, 0.15) is 12.4 Å². The highest BCUT2D eigenvalue weighted by Crippen LogP contribution is 2.25. The van der Waals surface area contributed by atoms with Gasteiger partial charge in [0, 0.05) is 10.7 Å². The number of anilines is 1. The van der Waals surface area contributed by atoms with Gasteiger partial charge >= 0.3 is 6.03 Å². The van der Waals surface area contributed by atoms with Crippen molar-refractivity contribution in [2.75, 3.05) is 18.5 Å². The van der Waals surface area contributed by atoms with Crippen molar-refractivity contribution < 1.29 is 9.53 Å². The van der Waals surface area contributed by atoms with E-state index in [-0.39, 0.29) is 6.03 Å². The highest BCUT2D eigenvalue weighted by molar-refractivity contribution is 6.30. The molecule has 0 aromatic heterocycles. The summed E-state index contributed by atoms with van der Waals surface area (Å²) in [6, 6.07) is 12.9. The molecule has 1 aliphatic carbocycles. The van der Waals surface area contributed by atoms with E-state index in [1.54, 1.807) is 24.3 Å². The fraction of sp³-hybridized carbons (Fsp3) is 0.278. The molecule has 3 rings (SSSR count). The predicted molar refractivity (Wildman–Crippen MR) is 92.4 cm³/mol. The van der Waals surface area contributed by atoms with Crippen LogP contribution in [0, 0.1) is 0 Å². The molecule has 5 heteroatoms. The number of carbonyl (C=O) groups excluding carboxylic acids is 1. The molecule has 0 unspecified atom stereocenters. The second-order valence-corrected chi connectivity index (χ2v) is 5.96. The number of carbonyl (C=O) groups is 1. The maximum absolute atomic E-state index is 11.8. The monoisotopic (exact) mass is 330 g/mol. The number of urea groups is 1. The average molecular weight is 331 g/mol. The van der Waals surface area contributed by atoms with Gasteiger partial charge in [-0.3, -0.25) is 0 Å². The lowest BCUT2D eigenvalue weighted by Crippen LogP contribution is -2.32. The van der Waals surface area contributed by atoms with E-state index in [2.05, 4.69) is 22.8 Å². The van der Waals surface area contributed by atoms with E-state index in [1.807, 2.05) is 6.07 Å². The summed E-state index contributed by atoms with van der Waals surface area (Å²) in [5, 5.41) is 6.14. The predicted octanol–water partition coefficient (Wildman–Crippen LogP) is 4.03. The minimum atomic E-state index is -0.259. The van der Waals surface area contributed by atoms with Crippen LogP contribution in [0.4, 0.5) is 10.5 Å². The Kier molecular flexibility index (Phi) is 5.03. The lowest BCUT2D eigenvalue weighted by atomic mass is 10.1. The van der Waals surface area contributed by atoms with E-state index in [1.165, 1.54) is 24.0 Å². The Morgan fingerprint density at radius 3 is 2.70 bits per heavy atom. The zero-order valence-electron chi connectivity index (χ0n) is 12.8. The molecule has 0 radical (unpaired) electrons. The molecule has 0 atom stereocenters. The molecule has 1 aliphatic rings. The molecular formula is C18H19ClN2O2. The minimum Gasteiger partial charge on any atom is -0.492 e. The summed E-state index contributed by atoms with van der Waals surface area (Å²) in [6.07, 6.45) is 3.53. The molecule has 0 aliphatic heterocycles. The van der Waals surface area contributed by atoms with Gasteiger partial charge in [-0.05, 0) is 66.8 Å². The number of aryl methyl sites for hydroxylation is 2. The van der Waals surface area contributed by atoms with Crippen LogP contribution in [0.1, 0.15) is 17.5 Å². The van der Waals surface area contributed by atoms with E-state index in [0.717, 1.165) is 12.2 Å². The maximum Gasteiger partial charge on any atom is 0.319 e. The first-order chi connectivity index (χ1) is 11.2. The lowest BCUT2D eigenvalue weighted by Gasteiger charge is -2.10. The van der Waals surface area contributed by atoms with Gasteiger partial charge in [-0.1, -0.05) is 17.7 Å². The van der Waals surface area contributed by atoms with E-state index in [4.69, 9.17) is 16.3 Å². The Hall–Kier alpha value is -2.20. The molecule has 120 valence electrons. The average Bonchev–Trinajstić information content (AvgIpc) is 3.01. The normalized spacial score (nSPS) is 12.6. The van der Waals surface area contributed by atoms with Crippen LogP contribution < -0.4 is 15.4 Å². The van der Waals surface area contributed by atoms with Crippen molar-refractivity contribution in [3.8, 4) is 5.75 Å². The third kappa shape index (κ3) is 4.39. The Labute approximate surface area is 140 Å². The molecule has 0 saturated heterocycles. The van der Waals surface area contributed by atoms with Crippen LogP contribution >= 0.6 is 11.6 Å². The number of nitrogens with one attached hydrogen (secondary N) is 2. The number of rotatable bonds is 5. The smallest absolute Gasteiger partial charge is 0.319 e. The van der Waals surface area contributed by atoms with Gasteiger partial charge in [0.05, 0.1) is 6.54 Å². The van der Waals surface area contributed by atoms with Crippen molar-refractivity contribution in [1.82, 2.24) is 5.32 Å². The number of fused-ring (bicyclic) bond motifs is 1. The van der Waals surface area contributed by atoms with Crippen LogP contribution in [-0.2, 0) is 12.8 Å². The highest BCUT2D eigenvalue weighted by atomic mass is 35.5. The summed E-state index contributed by atoms with van der Waals surface area (Å²) in [4.78, 5) is 11.8. The third-order valence-corrected chi connectivity index (χ3v) is 4.08. The molecule has 0 spiro atoms. The van der Waals surface area contributed by atoms with Gasteiger partial charge < -0.3 is 15.4 Å². The van der Waals surface area contributed by atoms with Crippen LogP contribution in [-0.4, -0.2) is 19.2 Å². The van der Waals surface area contributed by atoms with Gasteiger partial charge in [-0.2, -0.15) is 0 Å². The summed E-state index contributed by atoms with van der Waals surface area (Å²) in [7, 11) is 0. The Balaban J connectivity index is 1.39. The third-order valence-electron chi connectivity index (χ3n) is 3.83. The van der Waals surface area contributed by atoms with Crippen LogP contribution in [0.15, 0.2) is 42.5 Å². The number of benzene rings is 2. The summed E-state index contributed by atoms with van der Waals surface area (Å²) in [5.41, 5.74) is 3.51. The Morgan fingerprint density at radius 1 is 1.09 bits per heavy atom. The van der Waals surface area contributed by atoms with Crippen LogP contribution in [0.25, 0.3) is 0 Å². The Morgan fingerprint density at radius 2 is 1.87 bits per heavy atom. The minimum absolute atomic E-state index is 0.259. The van der Waals surface area contributed by atoms with Gasteiger partial charge in [0.2, 0.25) is 0 Å². The molecule has 0 fully saturated rings. The highest BCUT2D eigenvalue weighted by Gasteiger charge is 2.11. The van der Waals surface area contributed by atoms with E-state index in [9.17, 15) is 4.79 Å². The van der Waals surface area contributed by atoms with Crippen molar-refractivity contribution in [1.29, 1.82) is 0 Å². The van der Waals surface area contributed by atoms with E-state index >= 15 is 0 Å². The van der Waals surface area contributed by atoms with Crippen LogP contribution in [0.5, 0.6) is 5.75 Å². The summed E-state index contributed by atoms with van der Waals surface area (Å²) < 4.78 is 5.69. The van der Waals surface area contributed by atoms with Gasteiger partial charge in [-0.15, -0.1) is 0 Å². The van der Waals surface area contributed by atoms with Crippen LogP contribution in [0.3, 0.4) is 0 Å². The Bertz CT molecular complexity index is 686. The molecule has 2 aromatic rings. The lowest BCUT2D eigenvalue weighted by molar-refractivity contribution is 0.247. The van der Waals surface area contributed by atoms with Crippen molar-refractivity contribution in [3.63, 3.8) is 0 Å². The van der Waals surface area contributed by atoms with E-state index < -0.39 is 0 Å². The SMILES string of the molecule is O=C(NCCOc1ccc2c(c1)CCC2)Nc1ccc(Cl)cc1. The largest absolute Gasteiger partial charge is 0.492 e. The maximum atomic E-state index is 11.8. The molecular weight excluding hydrogens is 312 g/mol. The molecule has 4 nitrogen and oxygen atoms in total. The fourth-order valence-electron chi connectivity index (χ4n) is 2.68. The summed E-state index contributed by atoms with van der Waals surface area (Å²) in [5.74, 6) is 0.866. The van der Waals surface area contributed by atoms with Crippen molar-refractivity contribution in [3.05, 3.63) is 58.6 Å². The van der Waals surface area contributed by atoms with Crippen molar-refractivity contribution >= 4 is 23.3 Å². The van der Waals surface area contributed by atoms with Gasteiger partial charge in [0.15, 0.2) is 0 Å². The zero-order valence-corrected chi connectivity index (χ0v) is 13.5. The number of amides is 2. The fourth-order valence-corrected chi connectivity index (χ4v) is 2.81. The molecule has 2 amide bonds. The van der Waals surface area contributed by atoms with Crippen LogP contribution in [0.2, 0.25) is 5.02 Å². The molecule has 2 N–H and O–H groups in total.